The molecule has 3 rings (SSSR count). The fourth-order valence-electron chi connectivity index (χ4n) is 2.74. The molecular weight excluding hydrogens is 328 g/mol. The van der Waals surface area contributed by atoms with Crippen molar-refractivity contribution < 1.29 is 4.74 Å². The van der Waals surface area contributed by atoms with Crippen LogP contribution in [0, 0.1) is 0 Å². The van der Waals surface area contributed by atoms with Gasteiger partial charge in [-0.1, -0.05) is 13.8 Å². The normalized spacial score (nSPS) is 10.7. The van der Waals surface area contributed by atoms with E-state index in [9.17, 15) is 0 Å². The second-order valence-corrected chi connectivity index (χ2v) is 5.94. The Labute approximate surface area is 153 Å². The van der Waals surface area contributed by atoms with E-state index in [-0.39, 0.29) is 0 Å². The molecule has 0 radical (unpaired) electrons. The van der Waals surface area contributed by atoms with Crippen LogP contribution in [0.4, 0.5) is 17.5 Å². The number of hydrogen-bond donors (Lipinski definition) is 1. The van der Waals surface area contributed by atoms with Crippen molar-refractivity contribution in [1.29, 1.82) is 0 Å². The molecule has 7 heteroatoms. The Bertz CT molecular complexity index is 846. The number of ether oxygens (including phenoxy) is 1. The molecule has 0 saturated carbocycles. The number of benzene rings is 1. The van der Waals surface area contributed by atoms with Crippen LogP contribution in [0.1, 0.15) is 26.7 Å². The van der Waals surface area contributed by atoms with Crippen LogP contribution in [-0.2, 0) is 0 Å². The van der Waals surface area contributed by atoms with E-state index in [2.05, 4.69) is 39.0 Å². The van der Waals surface area contributed by atoms with E-state index in [1.807, 2.05) is 24.3 Å². The van der Waals surface area contributed by atoms with Gasteiger partial charge in [-0.2, -0.15) is 9.97 Å². The molecule has 0 atom stereocenters. The average Bonchev–Trinajstić information content (AvgIpc) is 2.68. The van der Waals surface area contributed by atoms with Crippen molar-refractivity contribution in [1.82, 2.24) is 19.9 Å². The molecule has 0 unspecified atom stereocenters. The molecule has 0 spiro atoms. The molecule has 2 aromatic heterocycles. The van der Waals surface area contributed by atoms with Crippen molar-refractivity contribution in [3.63, 3.8) is 0 Å². The molecule has 2 heterocycles. The average molecular weight is 352 g/mol. The third-order valence-electron chi connectivity index (χ3n) is 3.94. The largest absolute Gasteiger partial charge is 0.497 e. The Kier molecular flexibility index (Phi) is 5.78. The van der Waals surface area contributed by atoms with Gasteiger partial charge in [0.2, 0.25) is 5.95 Å². The predicted octanol–water partition coefficient (Wildman–Crippen LogP) is 3.80. The van der Waals surface area contributed by atoms with Crippen molar-refractivity contribution in [2.75, 3.05) is 30.4 Å². The summed E-state index contributed by atoms with van der Waals surface area (Å²) in [4.78, 5) is 20.3. The van der Waals surface area contributed by atoms with Gasteiger partial charge in [-0.3, -0.25) is 0 Å². The van der Waals surface area contributed by atoms with Crippen molar-refractivity contribution in [3.05, 3.63) is 36.7 Å². The molecular formula is C19H24N6O. The topological polar surface area (TPSA) is 76.1 Å². The number of methoxy groups -OCH3 is 1. The first kappa shape index (κ1) is 17.8. The Morgan fingerprint density at radius 3 is 2.31 bits per heavy atom. The minimum atomic E-state index is 0.589. The SMILES string of the molecule is CCCN(CCC)c1nc(Nc2ccc(OC)cc2)c2nccnc2n1. The van der Waals surface area contributed by atoms with Crippen LogP contribution >= 0.6 is 0 Å². The highest BCUT2D eigenvalue weighted by Crippen LogP contribution is 2.25. The first-order chi connectivity index (χ1) is 12.7. The summed E-state index contributed by atoms with van der Waals surface area (Å²) >= 11 is 0. The summed E-state index contributed by atoms with van der Waals surface area (Å²) in [6.07, 6.45) is 5.37. The Hall–Kier alpha value is -2.96. The van der Waals surface area contributed by atoms with E-state index in [1.165, 1.54) is 0 Å². The third kappa shape index (κ3) is 3.99. The summed E-state index contributed by atoms with van der Waals surface area (Å²) in [6.45, 7) is 6.11. The van der Waals surface area contributed by atoms with Crippen molar-refractivity contribution in [2.45, 2.75) is 26.7 Å². The summed E-state index contributed by atoms with van der Waals surface area (Å²) in [5.74, 6) is 2.14. The standard InChI is InChI=1S/C19H24N6O/c1-4-12-25(13-5-2)19-23-17-16(20-10-11-21-17)18(24-19)22-14-6-8-15(26-3)9-7-14/h6-11H,4-5,12-13H2,1-3H3,(H,21,22,23,24). The lowest BCUT2D eigenvalue weighted by Crippen LogP contribution is -2.27. The van der Waals surface area contributed by atoms with Gasteiger partial charge in [0, 0.05) is 31.2 Å². The second-order valence-electron chi connectivity index (χ2n) is 5.94. The van der Waals surface area contributed by atoms with Crippen LogP contribution in [0.25, 0.3) is 11.2 Å². The van der Waals surface area contributed by atoms with Gasteiger partial charge in [-0.05, 0) is 37.1 Å². The smallest absolute Gasteiger partial charge is 0.229 e. The number of rotatable bonds is 8. The summed E-state index contributed by atoms with van der Waals surface area (Å²) in [5, 5.41) is 3.34. The minimum absolute atomic E-state index is 0.589. The maximum Gasteiger partial charge on any atom is 0.229 e. The van der Waals surface area contributed by atoms with E-state index in [4.69, 9.17) is 9.72 Å². The zero-order valence-electron chi connectivity index (χ0n) is 15.4. The number of anilines is 3. The highest BCUT2D eigenvalue weighted by molar-refractivity contribution is 5.85. The zero-order valence-corrected chi connectivity index (χ0v) is 15.4. The first-order valence-corrected chi connectivity index (χ1v) is 8.90. The molecule has 26 heavy (non-hydrogen) atoms. The number of aromatic nitrogens is 4. The predicted molar refractivity (Wildman–Crippen MR) is 104 cm³/mol. The maximum atomic E-state index is 5.21. The third-order valence-corrected chi connectivity index (χ3v) is 3.94. The van der Waals surface area contributed by atoms with Gasteiger partial charge in [0.15, 0.2) is 17.0 Å². The number of fused-ring (bicyclic) bond motifs is 1. The molecule has 0 saturated heterocycles. The lowest BCUT2D eigenvalue weighted by molar-refractivity contribution is 0.415. The molecule has 1 aromatic carbocycles. The second kappa shape index (κ2) is 8.42. The van der Waals surface area contributed by atoms with E-state index < -0.39 is 0 Å². The zero-order chi connectivity index (χ0) is 18.4. The monoisotopic (exact) mass is 352 g/mol. The van der Waals surface area contributed by atoms with Gasteiger partial charge in [0.05, 0.1) is 7.11 Å². The molecule has 3 aromatic rings. The summed E-state index contributed by atoms with van der Waals surface area (Å²) in [6, 6.07) is 7.69. The van der Waals surface area contributed by atoms with Gasteiger partial charge in [-0.25, -0.2) is 9.97 Å². The van der Waals surface area contributed by atoms with Crippen LogP contribution in [0.5, 0.6) is 5.75 Å². The van der Waals surface area contributed by atoms with E-state index >= 15 is 0 Å². The highest BCUT2D eigenvalue weighted by atomic mass is 16.5. The molecule has 0 fully saturated rings. The highest BCUT2D eigenvalue weighted by Gasteiger charge is 2.14. The van der Waals surface area contributed by atoms with E-state index in [0.717, 1.165) is 37.4 Å². The van der Waals surface area contributed by atoms with Gasteiger partial charge in [0.1, 0.15) is 5.75 Å². The van der Waals surface area contributed by atoms with E-state index in [1.54, 1.807) is 19.5 Å². The summed E-state index contributed by atoms with van der Waals surface area (Å²) < 4.78 is 5.21. The Morgan fingerprint density at radius 2 is 1.65 bits per heavy atom. The van der Waals surface area contributed by atoms with Crippen molar-refractivity contribution >= 4 is 28.6 Å². The Balaban J connectivity index is 2.01. The fourth-order valence-corrected chi connectivity index (χ4v) is 2.74. The number of nitrogens with one attached hydrogen (secondary N) is 1. The summed E-state index contributed by atoms with van der Waals surface area (Å²) in [5.41, 5.74) is 2.14. The van der Waals surface area contributed by atoms with Gasteiger partial charge in [0.25, 0.3) is 0 Å². The molecule has 0 aliphatic heterocycles. The molecule has 1 N–H and O–H groups in total. The van der Waals surface area contributed by atoms with E-state index in [0.29, 0.717) is 22.9 Å². The van der Waals surface area contributed by atoms with Crippen LogP contribution in [-0.4, -0.2) is 40.1 Å². The van der Waals surface area contributed by atoms with Crippen LogP contribution in [0.2, 0.25) is 0 Å². The maximum absolute atomic E-state index is 5.21. The van der Waals surface area contributed by atoms with Crippen LogP contribution < -0.4 is 15.0 Å². The molecule has 136 valence electrons. The van der Waals surface area contributed by atoms with Gasteiger partial charge >= 0.3 is 0 Å². The quantitative estimate of drug-likeness (QED) is 0.661. The molecule has 0 aliphatic rings. The number of hydrogen-bond acceptors (Lipinski definition) is 7. The molecule has 0 aliphatic carbocycles. The molecule has 7 nitrogen and oxygen atoms in total. The number of nitrogens with zero attached hydrogens (tertiary/aromatic N) is 5. The minimum Gasteiger partial charge on any atom is -0.497 e. The van der Waals surface area contributed by atoms with Crippen LogP contribution in [0.3, 0.4) is 0 Å². The Morgan fingerprint density at radius 1 is 0.962 bits per heavy atom. The fraction of sp³-hybridized carbons (Fsp3) is 0.368. The lowest BCUT2D eigenvalue weighted by atomic mass is 10.3. The molecule has 0 bridgehead atoms. The van der Waals surface area contributed by atoms with Crippen molar-refractivity contribution in [3.8, 4) is 5.75 Å². The lowest BCUT2D eigenvalue weighted by Gasteiger charge is -2.22. The van der Waals surface area contributed by atoms with Crippen molar-refractivity contribution in [2.24, 2.45) is 0 Å². The van der Waals surface area contributed by atoms with Gasteiger partial charge in [-0.15, -0.1) is 0 Å². The van der Waals surface area contributed by atoms with Gasteiger partial charge < -0.3 is 15.0 Å². The summed E-state index contributed by atoms with van der Waals surface area (Å²) in [7, 11) is 1.65. The molecule has 0 amide bonds. The van der Waals surface area contributed by atoms with Crippen LogP contribution in [0.15, 0.2) is 36.7 Å². The first-order valence-electron chi connectivity index (χ1n) is 8.90.